The maximum atomic E-state index is 2.38. The number of rotatable bonds is 2. The van der Waals surface area contributed by atoms with E-state index >= 15 is 0 Å². The standard InChI is InChI=1S/C12H8P.C5H5.2ClH.Zr/c1-3-7-11-9(5-1)10-6-2-4-8-12(10)13-11;1-2-4-5-3-1;;;/h1-7,13H;1-3H,4H2;2*1H;/q;;;;+2/p-2. The minimum Gasteiger partial charge on any atom is -1.00 e. The fourth-order valence-electron chi connectivity index (χ4n) is 2.69. The molecule has 0 aliphatic heterocycles. The molecular weight excluding hydrogens is 397 g/mol. The average Bonchev–Trinajstić information content (AvgIpc) is 3.06. The molecule has 0 radical (unpaired) electrons. The number of benzene rings is 2. The predicted molar refractivity (Wildman–Crippen MR) is 82.4 cm³/mol. The van der Waals surface area contributed by atoms with E-state index in [1.165, 1.54) is 22.3 Å². The SMILES string of the molecule is C1=CC[C]([Zr+2][c]2cccc3c2[pH]c2ccccc23)=C1.[Cl-].[Cl-]. The van der Waals surface area contributed by atoms with Crippen molar-refractivity contribution in [3.8, 4) is 0 Å². The fraction of sp³-hybridized carbons (Fsp3) is 0.0588. The third kappa shape index (κ3) is 3.23. The van der Waals surface area contributed by atoms with Crippen molar-refractivity contribution < 1.29 is 48.0 Å². The zero-order chi connectivity index (χ0) is 12.7. The van der Waals surface area contributed by atoms with Gasteiger partial charge in [0.05, 0.1) is 0 Å². The number of fused-ring (bicyclic) bond motifs is 3. The molecule has 1 aliphatic carbocycles. The molecule has 0 amide bonds. The molecule has 0 saturated carbocycles. The van der Waals surface area contributed by atoms with Crippen LogP contribution in [-0.4, -0.2) is 0 Å². The summed E-state index contributed by atoms with van der Waals surface area (Å²) in [7, 11) is 0.867. The van der Waals surface area contributed by atoms with Gasteiger partial charge in [0.1, 0.15) is 0 Å². The van der Waals surface area contributed by atoms with Crippen molar-refractivity contribution in [3.63, 3.8) is 0 Å². The molecule has 4 heteroatoms. The molecule has 1 atom stereocenters. The van der Waals surface area contributed by atoms with E-state index < -0.39 is 23.2 Å². The van der Waals surface area contributed by atoms with Gasteiger partial charge in [0, 0.05) is 0 Å². The quantitative estimate of drug-likeness (QED) is 0.487. The Kier molecular flexibility index (Phi) is 5.92. The topological polar surface area (TPSA) is 0 Å². The van der Waals surface area contributed by atoms with Crippen LogP contribution in [-0.2, 0) is 23.2 Å². The van der Waals surface area contributed by atoms with Crippen LogP contribution in [0.25, 0.3) is 21.0 Å². The molecule has 0 bridgehead atoms. The van der Waals surface area contributed by atoms with E-state index in [-0.39, 0.29) is 24.8 Å². The molecule has 2 aromatic carbocycles. The van der Waals surface area contributed by atoms with Crippen molar-refractivity contribution in [1.82, 2.24) is 0 Å². The van der Waals surface area contributed by atoms with Crippen LogP contribution in [0.5, 0.6) is 0 Å². The molecule has 0 fully saturated rings. The van der Waals surface area contributed by atoms with E-state index in [0.29, 0.717) is 0 Å². The van der Waals surface area contributed by atoms with Crippen molar-refractivity contribution in [2.45, 2.75) is 6.42 Å². The number of allylic oxidation sites excluding steroid dienone is 4. The summed E-state index contributed by atoms with van der Waals surface area (Å²) >= 11 is -0.574. The van der Waals surface area contributed by atoms with Crippen molar-refractivity contribution in [2.24, 2.45) is 0 Å². The second kappa shape index (κ2) is 7.30. The monoisotopic (exact) mass is 408 g/mol. The third-order valence-corrected chi connectivity index (χ3v) is 9.10. The molecule has 1 heterocycles. The number of hydrogen-bond acceptors (Lipinski definition) is 0. The number of halogens is 2. The zero-order valence-electron chi connectivity index (χ0n) is 11.2. The van der Waals surface area contributed by atoms with Crippen LogP contribution in [0.2, 0.25) is 0 Å². The summed E-state index contributed by atoms with van der Waals surface area (Å²) in [5.41, 5.74) is 0. The Labute approximate surface area is 150 Å². The summed E-state index contributed by atoms with van der Waals surface area (Å²) in [6.45, 7) is 0. The van der Waals surface area contributed by atoms with Gasteiger partial charge in [0.2, 0.25) is 0 Å². The van der Waals surface area contributed by atoms with E-state index in [4.69, 9.17) is 0 Å². The first-order chi connectivity index (χ1) is 9.42. The first-order valence-corrected chi connectivity index (χ1v) is 10.00. The predicted octanol–water partition coefficient (Wildman–Crippen LogP) is -1.42. The number of hydrogen-bond donors (Lipinski definition) is 0. The van der Waals surface area contributed by atoms with Crippen LogP contribution >= 0.6 is 8.19 Å². The molecule has 1 aromatic heterocycles. The Hall–Kier alpha value is -0.317. The summed E-state index contributed by atoms with van der Waals surface area (Å²) in [4.78, 5) is 0. The zero-order valence-corrected chi connectivity index (χ0v) is 16.2. The van der Waals surface area contributed by atoms with Gasteiger partial charge in [-0.05, 0) is 0 Å². The molecule has 104 valence electrons. The Balaban J connectivity index is 0.000000807. The Morgan fingerprint density at radius 3 is 2.52 bits per heavy atom. The molecule has 1 unspecified atom stereocenters. The summed E-state index contributed by atoms with van der Waals surface area (Å²) in [5, 5.41) is 6.14. The molecule has 0 saturated heterocycles. The van der Waals surface area contributed by atoms with Gasteiger partial charge >= 0.3 is 126 Å². The molecule has 3 aromatic rings. The van der Waals surface area contributed by atoms with Crippen LogP contribution in [0.15, 0.2) is 64.0 Å². The normalized spacial score (nSPS) is 13.0. The molecular formula is C17H13Cl2PZr. The van der Waals surface area contributed by atoms with E-state index in [0.717, 1.165) is 8.19 Å². The van der Waals surface area contributed by atoms with Gasteiger partial charge in [-0.2, -0.15) is 0 Å². The van der Waals surface area contributed by atoms with Gasteiger partial charge in [-0.1, -0.05) is 0 Å². The minimum absolute atomic E-state index is 0. The van der Waals surface area contributed by atoms with Gasteiger partial charge in [-0.3, -0.25) is 0 Å². The van der Waals surface area contributed by atoms with Crippen LogP contribution in [0.4, 0.5) is 0 Å². The Morgan fingerprint density at radius 2 is 1.71 bits per heavy atom. The van der Waals surface area contributed by atoms with Crippen molar-refractivity contribution in [2.75, 3.05) is 0 Å². The van der Waals surface area contributed by atoms with E-state index in [1.807, 2.05) is 0 Å². The van der Waals surface area contributed by atoms with Gasteiger partial charge in [0.25, 0.3) is 0 Å². The molecule has 0 spiro atoms. The maximum absolute atomic E-state index is 2.38. The summed E-state index contributed by atoms with van der Waals surface area (Å²) < 4.78 is 3.39. The van der Waals surface area contributed by atoms with Crippen molar-refractivity contribution >= 4 is 32.5 Å². The third-order valence-electron chi connectivity index (χ3n) is 3.61. The van der Waals surface area contributed by atoms with E-state index in [2.05, 4.69) is 60.7 Å². The molecule has 21 heavy (non-hydrogen) atoms. The Bertz CT molecular complexity index is 833. The average molecular weight is 410 g/mol. The van der Waals surface area contributed by atoms with Gasteiger partial charge in [0.15, 0.2) is 0 Å². The fourth-order valence-corrected chi connectivity index (χ4v) is 7.80. The largest absolute Gasteiger partial charge is 1.00 e. The summed E-state index contributed by atoms with van der Waals surface area (Å²) in [6.07, 6.45) is 8.05. The van der Waals surface area contributed by atoms with Crippen LogP contribution in [0.3, 0.4) is 0 Å². The second-order valence-corrected chi connectivity index (χ2v) is 9.65. The van der Waals surface area contributed by atoms with Crippen LogP contribution in [0.1, 0.15) is 6.42 Å². The Morgan fingerprint density at radius 1 is 0.905 bits per heavy atom. The van der Waals surface area contributed by atoms with Crippen molar-refractivity contribution in [1.29, 1.82) is 0 Å². The maximum Gasteiger partial charge on any atom is -1.00 e. The van der Waals surface area contributed by atoms with Crippen LogP contribution < -0.4 is 28.1 Å². The molecule has 1 aliphatic rings. The summed E-state index contributed by atoms with van der Waals surface area (Å²) in [6, 6.07) is 15.8. The second-order valence-electron chi connectivity index (χ2n) is 4.85. The molecule has 0 nitrogen and oxygen atoms in total. The first kappa shape index (κ1) is 17.0. The van der Waals surface area contributed by atoms with Crippen molar-refractivity contribution in [3.05, 3.63) is 64.0 Å². The van der Waals surface area contributed by atoms with Crippen LogP contribution in [0, 0.1) is 0 Å². The molecule has 0 N–H and O–H groups in total. The van der Waals surface area contributed by atoms with Gasteiger partial charge in [-0.15, -0.1) is 0 Å². The van der Waals surface area contributed by atoms with E-state index in [9.17, 15) is 0 Å². The minimum atomic E-state index is -0.574. The van der Waals surface area contributed by atoms with Gasteiger partial charge < -0.3 is 24.8 Å². The smallest absolute Gasteiger partial charge is 1.00 e. The van der Waals surface area contributed by atoms with Gasteiger partial charge in [-0.25, -0.2) is 0 Å². The first-order valence-electron chi connectivity index (χ1n) is 6.54. The summed E-state index contributed by atoms with van der Waals surface area (Å²) in [5.74, 6) is 0. The molecule has 4 rings (SSSR count). The van der Waals surface area contributed by atoms with E-state index in [1.54, 1.807) is 11.7 Å².